The van der Waals surface area contributed by atoms with Gasteiger partial charge < -0.3 is 4.42 Å². The van der Waals surface area contributed by atoms with E-state index in [1.54, 1.807) is 19.1 Å². The third kappa shape index (κ3) is 1.39. The van der Waals surface area contributed by atoms with Crippen molar-refractivity contribution in [1.29, 1.82) is 0 Å². The van der Waals surface area contributed by atoms with Crippen molar-refractivity contribution in [3.05, 3.63) is 24.2 Å². The van der Waals surface area contributed by atoms with Crippen molar-refractivity contribution < 1.29 is 12.8 Å². The van der Waals surface area contributed by atoms with Gasteiger partial charge in [0.2, 0.25) is 0 Å². The standard InChI is InChI=1S/C6H7O3S/c1-5(10(7)8)6-3-2-4-9-6/h2-3,5,10H,1H3. The van der Waals surface area contributed by atoms with E-state index in [9.17, 15) is 8.42 Å². The third-order valence-electron chi connectivity index (χ3n) is 1.22. The molecule has 0 fully saturated rings. The van der Waals surface area contributed by atoms with E-state index in [4.69, 9.17) is 4.42 Å². The Morgan fingerprint density at radius 1 is 1.70 bits per heavy atom. The lowest BCUT2D eigenvalue weighted by atomic mass is 10.4. The molecule has 10 heavy (non-hydrogen) atoms. The molecule has 1 unspecified atom stereocenters. The maximum absolute atomic E-state index is 10.4. The molecule has 0 bridgehead atoms. The maximum Gasteiger partial charge on any atom is 0.169 e. The van der Waals surface area contributed by atoms with E-state index in [-0.39, 0.29) is 0 Å². The minimum absolute atomic E-state index is 0.441. The van der Waals surface area contributed by atoms with Crippen LogP contribution < -0.4 is 0 Å². The number of rotatable bonds is 2. The Balaban J connectivity index is 2.87. The molecule has 0 spiro atoms. The maximum atomic E-state index is 10.4. The van der Waals surface area contributed by atoms with Crippen molar-refractivity contribution in [1.82, 2.24) is 0 Å². The first kappa shape index (κ1) is 7.34. The zero-order valence-electron chi connectivity index (χ0n) is 5.40. The van der Waals surface area contributed by atoms with Gasteiger partial charge >= 0.3 is 0 Å². The molecule has 0 aromatic carbocycles. The monoisotopic (exact) mass is 159 g/mol. The highest BCUT2D eigenvalue weighted by atomic mass is 32.2. The lowest BCUT2D eigenvalue weighted by Gasteiger charge is -1.95. The highest BCUT2D eigenvalue weighted by molar-refractivity contribution is 7.72. The summed E-state index contributed by atoms with van der Waals surface area (Å²) in [6, 6.07) is 3.14. The van der Waals surface area contributed by atoms with Gasteiger partial charge in [-0.1, -0.05) is 0 Å². The van der Waals surface area contributed by atoms with Crippen LogP contribution in [0.4, 0.5) is 0 Å². The van der Waals surface area contributed by atoms with E-state index in [1.807, 2.05) is 0 Å². The zero-order chi connectivity index (χ0) is 7.56. The van der Waals surface area contributed by atoms with Crippen molar-refractivity contribution in [2.45, 2.75) is 12.2 Å². The molecule has 0 aliphatic rings. The molecule has 0 saturated carbocycles. The molecule has 4 heteroatoms. The molecule has 1 atom stereocenters. The van der Waals surface area contributed by atoms with Gasteiger partial charge in [0.25, 0.3) is 0 Å². The summed E-state index contributed by atoms with van der Waals surface area (Å²) in [5.41, 5.74) is 0. The van der Waals surface area contributed by atoms with E-state index >= 15 is 0 Å². The van der Waals surface area contributed by atoms with Crippen LogP contribution in [0.3, 0.4) is 0 Å². The Hall–Kier alpha value is -0.770. The molecular weight excluding hydrogens is 152 g/mol. The first-order valence-corrected chi connectivity index (χ1v) is 4.05. The molecular formula is C6H7O3S. The smallest absolute Gasteiger partial charge is 0.169 e. The summed E-state index contributed by atoms with van der Waals surface area (Å²) < 4.78 is 25.5. The minimum atomic E-state index is -2.43. The van der Waals surface area contributed by atoms with Crippen LogP contribution >= 0.6 is 0 Å². The van der Waals surface area contributed by atoms with Crippen LogP contribution in [0.15, 0.2) is 16.5 Å². The second-order valence-electron chi connectivity index (χ2n) is 1.92. The van der Waals surface area contributed by atoms with Crippen LogP contribution in [0.1, 0.15) is 17.9 Å². The fraction of sp³-hybridized carbons (Fsp3) is 0.333. The molecule has 0 saturated heterocycles. The van der Waals surface area contributed by atoms with Crippen LogP contribution in [0.25, 0.3) is 0 Å². The van der Waals surface area contributed by atoms with E-state index in [0.29, 0.717) is 5.76 Å². The van der Waals surface area contributed by atoms with Gasteiger partial charge in [0, 0.05) is 0 Å². The second-order valence-corrected chi connectivity index (χ2v) is 3.26. The van der Waals surface area contributed by atoms with Crippen molar-refractivity contribution in [3.63, 3.8) is 0 Å². The molecule has 0 aliphatic heterocycles. The van der Waals surface area contributed by atoms with Crippen molar-refractivity contribution in [2.24, 2.45) is 0 Å². The summed E-state index contributed by atoms with van der Waals surface area (Å²) in [6.45, 7) is 1.57. The molecule has 1 aromatic heterocycles. The van der Waals surface area contributed by atoms with Gasteiger partial charge in [-0.05, 0) is 19.1 Å². The van der Waals surface area contributed by atoms with Gasteiger partial charge in [-0.25, -0.2) is 8.42 Å². The molecule has 0 amide bonds. The number of hydrogen-bond acceptors (Lipinski definition) is 3. The first-order chi connectivity index (χ1) is 4.72. The molecule has 3 nitrogen and oxygen atoms in total. The van der Waals surface area contributed by atoms with Crippen molar-refractivity contribution in [3.8, 4) is 0 Å². The van der Waals surface area contributed by atoms with Crippen LogP contribution in [0.5, 0.6) is 0 Å². The highest BCUT2D eigenvalue weighted by Crippen LogP contribution is 2.14. The predicted octanol–water partition coefficient (Wildman–Crippen LogP) is 0.752. The SMILES string of the molecule is CC(c1cc[c]o1)[SH](=O)=O. The van der Waals surface area contributed by atoms with E-state index < -0.39 is 16.0 Å². The largest absolute Gasteiger partial charge is 0.456 e. The molecule has 0 N–H and O–H groups in total. The van der Waals surface area contributed by atoms with Gasteiger partial charge in [-0.3, -0.25) is 0 Å². The average Bonchev–Trinajstić information content (AvgIpc) is 2.36. The van der Waals surface area contributed by atoms with Gasteiger partial charge in [-0.2, -0.15) is 0 Å². The van der Waals surface area contributed by atoms with Crippen LogP contribution in [-0.4, -0.2) is 8.42 Å². The second kappa shape index (κ2) is 2.88. The minimum Gasteiger partial charge on any atom is -0.456 e. The summed E-state index contributed by atoms with van der Waals surface area (Å²) in [4.78, 5) is 0. The summed E-state index contributed by atoms with van der Waals surface area (Å²) in [6.07, 6.45) is 2.42. The van der Waals surface area contributed by atoms with Crippen molar-refractivity contribution in [2.75, 3.05) is 0 Å². The lowest BCUT2D eigenvalue weighted by molar-refractivity contribution is 0.496. The van der Waals surface area contributed by atoms with Gasteiger partial charge in [0.1, 0.15) is 21.7 Å². The Kier molecular flexibility index (Phi) is 2.11. The van der Waals surface area contributed by atoms with Gasteiger partial charge in [0.15, 0.2) is 6.26 Å². The molecule has 55 valence electrons. The fourth-order valence-corrected chi connectivity index (χ4v) is 0.927. The molecule has 1 aromatic rings. The van der Waals surface area contributed by atoms with E-state index in [1.165, 1.54) is 0 Å². The molecule has 1 heterocycles. The quantitative estimate of drug-likeness (QED) is 0.648. The van der Waals surface area contributed by atoms with Gasteiger partial charge in [0.05, 0.1) is 0 Å². The van der Waals surface area contributed by atoms with Gasteiger partial charge in [-0.15, -0.1) is 0 Å². The Labute approximate surface area is 60.6 Å². The molecule has 1 radical (unpaired) electrons. The topological polar surface area (TPSA) is 47.3 Å². The van der Waals surface area contributed by atoms with Crippen LogP contribution in [-0.2, 0) is 10.7 Å². The highest BCUT2D eigenvalue weighted by Gasteiger charge is 2.09. The number of furan rings is 1. The summed E-state index contributed by atoms with van der Waals surface area (Å²) in [5, 5.41) is -0.541. The van der Waals surface area contributed by atoms with Crippen LogP contribution in [0.2, 0.25) is 0 Å². The summed E-state index contributed by atoms with van der Waals surface area (Å²) in [5.74, 6) is 0.441. The normalized spacial score (nSPS) is 13.8. The third-order valence-corrected chi connectivity index (χ3v) is 2.11. The predicted molar refractivity (Wildman–Crippen MR) is 36.3 cm³/mol. The number of thiol groups is 1. The molecule has 1 rings (SSSR count). The average molecular weight is 159 g/mol. The zero-order valence-corrected chi connectivity index (χ0v) is 6.30. The van der Waals surface area contributed by atoms with Crippen molar-refractivity contribution >= 4 is 10.7 Å². The first-order valence-electron chi connectivity index (χ1n) is 2.81. The fourth-order valence-electron chi connectivity index (χ4n) is 0.581. The van der Waals surface area contributed by atoms with E-state index in [0.717, 1.165) is 0 Å². The Bertz CT molecular complexity index is 253. The number of hydrogen-bond donors (Lipinski definition) is 1. The summed E-state index contributed by atoms with van der Waals surface area (Å²) >= 11 is 0. The Morgan fingerprint density at radius 3 is 2.80 bits per heavy atom. The molecule has 0 aliphatic carbocycles. The summed E-state index contributed by atoms with van der Waals surface area (Å²) in [7, 11) is -2.43. The van der Waals surface area contributed by atoms with E-state index in [2.05, 4.69) is 6.26 Å². The Morgan fingerprint density at radius 2 is 2.40 bits per heavy atom. The van der Waals surface area contributed by atoms with Crippen LogP contribution in [0, 0.1) is 6.26 Å². The lowest BCUT2D eigenvalue weighted by Crippen LogP contribution is -1.91.